The van der Waals surface area contributed by atoms with Gasteiger partial charge in [-0.25, -0.2) is 4.79 Å². The second kappa shape index (κ2) is 9.87. The number of hydrogen-bond acceptors (Lipinski definition) is 4. The Balaban J connectivity index is 1.30. The van der Waals surface area contributed by atoms with E-state index in [2.05, 4.69) is 29.6 Å². The number of aliphatic carboxylic acids is 1. The fourth-order valence-corrected chi connectivity index (χ4v) is 4.90. The van der Waals surface area contributed by atoms with E-state index in [-0.39, 0.29) is 37.3 Å². The molecule has 2 amide bonds. The highest BCUT2D eigenvalue weighted by Gasteiger charge is 2.41. The number of rotatable bonds is 9. The Morgan fingerprint density at radius 1 is 1.06 bits per heavy atom. The van der Waals surface area contributed by atoms with Crippen LogP contribution >= 0.6 is 0 Å². The van der Waals surface area contributed by atoms with Gasteiger partial charge in [-0.1, -0.05) is 55.5 Å². The predicted molar refractivity (Wildman–Crippen MR) is 128 cm³/mol. The topological polar surface area (TPSA) is 95.9 Å². The number of carbonyl (C=O) groups excluding carboxylic acids is 2. The first-order valence-electron chi connectivity index (χ1n) is 11.9. The molecule has 1 atom stereocenters. The van der Waals surface area contributed by atoms with Gasteiger partial charge in [0.2, 0.25) is 5.91 Å². The van der Waals surface area contributed by atoms with Gasteiger partial charge in [-0.2, -0.15) is 0 Å². The largest absolute Gasteiger partial charge is 0.481 e. The number of fused-ring (bicyclic) bond motifs is 3. The van der Waals surface area contributed by atoms with Gasteiger partial charge >= 0.3 is 12.1 Å². The van der Waals surface area contributed by atoms with Crippen molar-refractivity contribution in [3.63, 3.8) is 0 Å². The smallest absolute Gasteiger partial charge is 0.407 e. The summed E-state index contributed by atoms with van der Waals surface area (Å²) in [5, 5.41) is 11.6. The number of likely N-dealkylation sites (tertiary alicyclic amines) is 1. The zero-order valence-electron chi connectivity index (χ0n) is 19.8. The number of nitrogens with one attached hydrogen (secondary N) is 1. The van der Waals surface area contributed by atoms with Crippen molar-refractivity contribution in [3.8, 4) is 11.1 Å². The molecule has 2 aromatic rings. The molecule has 0 radical (unpaired) electrons. The van der Waals surface area contributed by atoms with E-state index < -0.39 is 17.5 Å². The summed E-state index contributed by atoms with van der Waals surface area (Å²) in [5.41, 5.74) is 3.92. The van der Waals surface area contributed by atoms with Crippen molar-refractivity contribution >= 4 is 18.0 Å². The second-order valence-electron chi connectivity index (χ2n) is 9.60. The number of carboxylic acid groups (broad SMARTS) is 1. The van der Waals surface area contributed by atoms with Gasteiger partial charge in [0, 0.05) is 32.0 Å². The van der Waals surface area contributed by atoms with E-state index in [0.717, 1.165) is 11.1 Å². The molecule has 34 heavy (non-hydrogen) atoms. The average Bonchev–Trinajstić information content (AvgIpc) is 3.13. The van der Waals surface area contributed by atoms with E-state index in [0.29, 0.717) is 25.9 Å². The van der Waals surface area contributed by atoms with E-state index in [1.807, 2.05) is 38.1 Å². The van der Waals surface area contributed by atoms with Gasteiger partial charge in [0.1, 0.15) is 6.61 Å². The molecule has 2 N–H and O–H groups in total. The Morgan fingerprint density at radius 3 is 2.21 bits per heavy atom. The van der Waals surface area contributed by atoms with E-state index in [1.165, 1.54) is 11.1 Å². The van der Waals surface area contributed by atoms with Gasteiger partial charge in [0.15, 0.2) is 0 Å². The standard InChI is InChI=1S/C27H32N2O5/c1-3-27(2,25(32)29-14-18(15-29)12-13-24(30)31)17-28-26(33)34-16-23-21-10-6-4-8-19(21)20-9-5-7-11-22(20)23/h4-11,18,23H,3,12-17H2,1-2H3,(H,28,33)(H,30,31). The summed E-state index contributed by atoms with van der Waals surface area (Å²) in [4.78, 5) is 38.1. The van der Waals surface area contributed by atoms with Crippen LogP contribution in [0.5, 0.6) is 0 Å². The van der Waals surface area contributed by atoms with Crippen LogP contribution in [-0.4, -0.2) is 54.2 Å². The SMILES string of the molecule is CCC(C)(CNC(=O)OCC1c2ccccc2-c2ccccc21)C(=O)N1CC(CCC(=O)O)C1. The summed E-state index contributed by atoms with van der Waals surface area (Å²) < 4.78 is 5.60. The monoisotopic (exact) mass is 464 g/mol. The minimum absolute atomic E-state index is 0.0128. The quantitative estimate of drug-likeness (QED) is 0.578. The zero-order valence-corrected chi connectivity index (χ0v) is 19.8. The molecular formula is C27H32N2O5. The van der Waals surface area contributed by atoms with Gasteiger partial charge in [-0.3, -0.25) is 9.59 Å². The van der Waals surface area contributed by atoms with Gasteiger partial charge in [-0.05, 0) is 47.9 Å². The number of alkyl carbamates (subject to hydrolysis) is 1. The van der Waals surface area contributed by atoms with E-state index >= 15 is 0 Å². The fourth-order valence-electron chi connectivity index (χ4n) is 4.90. The number of amides is 2. The summed E-state index contributed by atoms with van der Waals surface area (Å²) in [7, 11) is 0. The normalized spacial score (nSPS) is 16.7. The highest BCUT2D eigenvalue weighted by Crippen LogP contribution is 2.44. The van der Waals surface area contributed by atoms with E-state index in [9.17, 15) is 14.4 Å². The van der Waals surface area contributed by atoms with Crippen molar-refractivity contribution in [2.75, 3.05) is 26.2 Å². The van der Waals surface area contributed by atoms with Crippen molar-refractivity contribution in [2.24, 2.45) is 11.3 Å². The third-order valence-corrected chi connectivity index (χ3v) is 7.27. The summed E-state index contributed by atoms with van der Waals surface area (Å²) in [6.07, 6.45) is 0.754. The molecule has 7 nitrogen and oxygen atoms in total. The minimum atomic E-state index is -0.810. The molecule has 1 aliphatic carbocycles. The Labute approximate surface area is 200 Å². The first-order valence-corrected chi connectivity index (χ1v) is 11.9. The van der Waals surface area contributed by atoms with Gasteiger partial charge < -0.3 is 20.1 Å². The lowest BCUT2D eigenvalue weighted by atomic mass is 9.83. The highest BCUT2D eigenvalue weighted by molar-refractivity contribution is 5.84. The van der Waals surface area contributed by atoms with Crippen molar-refractivity contribution in [2.45, 2.75) is 39.0 Å². The minimum Gasteiger partial charge on any atom is -0.481 e. The van der Waals surface area contributed by atoms with Crippen LogP contribution in [0, 0.1) is 11.3 Å². The molecule has 1 heterocycles. The predicted octanol–water partition coefficient (Wildman–Crippen LogP) is 4.26. The third-order valence-electron chi connectivity index (χ3n) is 7.27. The van der Waals surface area contributed by atoms with Gasteiger partial charge in [0.05, 0.1) is 5.41 Å². The molecule has 1 unspecified atom stereocenters. The molecule has 0 saturated carbocycles. The fraction of sp³-hybridized carbons (Fsp3) is 0.444. The molecule has 0 spiro atoms. The highest BCUT2D eigenvalue weighted by atomic mass is 16.5. The van der Waals surface area contributed by atoms with Crippen LogP contribution in [-0.2, 0) is 14.3 Å². The molecular weight excluding hydrogens is 432 g/mol. The maximum Gasteiger partial charge on any atom is 0.407 e. The third kappa shape index (κ3) is 4.79. The van der Waals surface area contributed by atoms with Gasteiger partial charge in [0.25, 0.3) is 0 Å². The number of hydrogen-bond donors (Lipinski definition) is 2. The summed E-state index contributed by atoms with van der Waals surface area (Å²) >= 11 is 0. The van der Waals surface area contributed by atoms with Crippen LogP contribution < -0.4 is 5.32 Å². The summed E-state index contributed by atoms with van der Waals surface area (Å²) in [6, 6.07) is 16.4. The van der Waals surface area contributed by atoms with Crippen LogP contribution in [0.15, 0.2) is 48.5 Å². The van der Waals surface area contributed by atoms with Crippen LogP contribution in [0.25, 0.3) is 11.1 Å². The first kappa shape index (κ1) is 23.8. The van der Waals surface area contributed by atoms with Crippen molar-refractivity contribution < 1.29 is 24.2 Å². The Hall–Kier alpha value is -3.35. The molecule has 1 saturated heterocycles. The molecule has 4 rings (SSSR count). The number of benzene rings is 2. The lowest BCUT2D eigenvalue weighted by Gasteiger charge is -2.44. The van der Waals surface area contributed by atoms with Crippen LogP contribution in [0.2, 0.25) is 0 Å². The van der Waals surface area contributed by atoms with Crippen LogP contribution in [0.4, 0.5) is 4.79 Å². The molecule has 0 aromatic heterocycles. The molecule has 2 aromatic carbocycles. The van der Waals surface area contributed by atoms with Crippen molar-refractivity contribution in [3.05, 3.63) is 59.7 Å². The Bertz CT molecular complexity index is 1030. The Morgan fingerprint density at radius 2 is 1.65 bits per heavy atom. The molecule has 7 heteroatoms. The number of nitrogens with zero attached hydrogens (tertiary/aromatic N) is 1. The summed E-state index contributed by atoms with van der Waals surface area (Å²) in [6.45, 7) is 5.35. The lowest BCUT2D eigenvalue weighted by Crippen LogP contribution is -2.56. The maximum atomic E-state index is 13.0. The second-order valence-corrected chi connectivity index (χ2v) is 9.60. The van der Waals surface area contributed by atoms with E-state index in [4.69, 9.17) is 9.84 Å². The van der Waals surface area contributed by atoms with Crippen LogP contribution in [0.3, 0.4) is 0 Å². The first-order chi connectivity index (χ1) is 16.3. The van der Waals surface area contributed by atoms with Crippen molar-refractivity contribution in [1.82, 2.24) is 10.2 Å². The molecule has 180 valence electrons. The number of ether oxygens (including phenoxy) is 1. The maximum absolute atomic E-state index is 13.0. The van der Waals surface area contributed by atoms with E-state index in [1.54, 1.807) is 4.90 Å². The molecule has 0 bridgehead atoms. The molecule has 1 fully saturated rings. The molecule has 1 aliphatic heterocycles. The van der Waals surface area contributed by atoms with Gasteiger partial charge in [-0.15, -0.1) is 0 Å². The summed E-state index contributed by atoms with van der Waals surface area (Å²) in [5.74, 6) is -0.603. The average molecular weight is 465 g/mol. The van der Waals surface area contributed by atoms with Crippen molar-refractivity contribution in [1.29, 1.82) is 0 Å². The van der Waals surface area contributed by atoms with Crippen LogP contribution in [0.1, 0.15) is 50.2 Å². The number of carboxylic acids is 1. The zero-order chi connectivity index (χ0) is 24.3. The number of carbonyl (C=O) groups is 3. The Kier molecular flexibility index (Phi) is 6.91. The molecule has 2 aliphatic rings. The lowest BCUT2D eigenvalue weighted by molar-refractivity contribution is -0.148.